The third kappa shape index (κ3) is 5.67. The van der Waals surface area contributed by atoms with Gasteiger partial charge in [-0.15, -0.1) is 11.8 Å². The molecule has 2 amide bonds. The van der Waals surface area contributed by atoms with E-state index >= 15 is 0 Å². The molecule has 184 valence electrons. The molecule has 0 aromatic carbocycles. The minimum absolute atomic E-state index is 0.126. The van der Waals surface area contributed by atoms with Gasteiger partial charge in [-0.1, -0.05) is 13.8 Å². The molecule has 0 aliphatic heterocycles. The number of nitrogens with two attached hydrogens (primary N) is 1. The van der Waals surface area contributed by atoms with Crippen LogP contribution in [0.4, 0.5) is 0 Å². The average Bonchev–Trinajstić information content (AvgIpc) is 3.10. The smallest absolute Gasteiger partial charge is 0.291 e. The Hall–Kier alpha value is -1.74. The van der Waals surface area contributed by atoms with Gasteiger partial charge in [0.1, 0.15) is 11.5 Å². The van der Waals surface area contributed by atoms with Gasteiger partial charge in [0, 0.05) is 24.3 Å². The van der Waals surface area contributed by atoms with Crippen molar-refractivity contribution in [3.63, 3.8) is 0 Å². The van der Waals surface area contributed by atoms with Gasteiger partial charge < -0.3 is 25.6 Å². The minimum atomic E-state index is -0.617. The Kier molecular flexibility index (Phi) is 7.29. The van der Waals surface area contributed by atoms with Crippen LogP contribution in [0.25, 0.3) is 0 Å². The third-order valence-corrected chi connectivity index (χ3v) is 8.19. The molecule has 8 nitrogen and oxygen atoms in total. The highest BCUT2D eigenvalue weighted by Crippen LogP contribution is 2.53. The molecule has 1 aromatic rings. The first-order chi connectivity index (χ1) is 15.6. The fourth-order valence-electron chi connectivity index (χ4n) is 6.08. The van der Waals surface area contributed by atoms with Crippen molar-refractivity contribution in [2.75, 3.05) is 13.2 Å². The van der Waals surface area contributed by atoms with Crippen LogP contribution in [-0.4, -0.2) is 47.0 Å². The van der Waals surface area contributed by atoms with E-state index in [1.54, 1.807) is 0 Å². The van der Waals surface area contributed by atoms with Crippen LogP contribution in [0.2, 0.25) is 0 Å². The van der Waals surface area contributed by atoms with Crippen LogP contribution in [0.3, 0.4) is 0 Å². The van der Waals surface area contributed by atoms with E-state index in [1.807, 2.05) is 13.8 Å². The van der Waals surface area contributed by atoms with Crippen molar-refractivity contribution in [3.05, 3.63) is 5.76 Å². The van der Waals surface area contributed by atoms with E-state index in [0.717, 1.165) is 11.8 Å². The summed E-state index contributed by atoms with van der Waals surface area (Å²) in [5.74, 6) is 3.07. The second-order valence-electron chi connectivity index (χ2n) is 11.0. The maximum absolute atomic E-state index is 13.3. The molecule has 4 fully saturated rings. The first-order valence-corrected chi connectivity index (χ1v) is 13.1. The number of hydrogen-bond acceptors (Lipinski definition) is 7. The largest absolute Gasteiger partial charge is 0.472 e. The molecule has 1 heterocycles. The van der Waals surface area contributed by atoms with E-state index in [-0.39, 0.29) is 41.9 Å². The number of nitrogens with zero attached hydrogens (tertiary/aromatic N) is 1. The Bertz CT molecular complexity index is 841. The van der Waals surface area contributed by atoms with Crippen LogP contribution in [0.15, 0.2) is 9.42 Å². The minimum Gasteiger partial charge on any atom is -0.472 e. The molecular formula is C24H38N4O4S. The predicted octanol–water partition coefficient (Wildman–Crippen LogP) is 3.35. The highest BCUT2D eigenvalue weighted by atomic mass is 32.2. The number of amides is 2. The molecule has 4 N–H and O–H groups in total. The molecule has 0 unspecified atom stereocenters. The molecule has 33 heavy (non-hydrogen) atoms. The first kappa shape index (κ1) is 24.4. The molecule has 4 bridgehead atoms. The summed E-state index contributed by atoms with van der Waals surface area (Å²) in [4.78, 5) is 25.8. The highest BCUT2D eigenvalue weighted by molar-refractivity contribution is 8.00. The highest BCUT2D eigenvalue weighted by Gasteiger charge is 2.49. The lowest BCUT2D eigenvalue weighted by atomic mass is 9.54. The Labute approximate surface area is 200 Å². The second kappa shape index (κ2) is 9.86. The van der Waals surface area contributed by atoms with Gasteiger partial charge >= 0.3 is 0 Å². The Morgan fingerprint density at radius 1 is 1.18 bits per heavy atom. The number of ether oxygens (including phenoxy) is 1. The number of thioether (sulfide) groups is 1. The van der Waals surface area contributed by atoms with Crippen LogP contribution < -0.4 is 21.1 Å². The van der Waals surface area contributed by atoms with Gasteiger partial charge in [0.05, 0.1) is 5.54 Å². The van der Waals surface area contributed by atoms with Gasteiger partial charge in [0.15, 0.2) is 0 Å². The molecule has 5 rings (SSSR count). The molecule has 0 spiro atoms. The summed E-state index contributed by atoms with van der Waals surface area (Å²) in [7, 11) is 0. The standard InChI is InChI=1S/C24H38N4O4S/c1-13(2)33-21-20(32-28-23(21)31-12-24(3,4)27-18(29)5-6-25)22(30)26-19-16-8-14-7-15(10-16)11-17(19)9-14/h13-17,19H,5-12,25H2,1-4H3,(H,26,30)(H,27,29). The number of carbonyl (C=O) groups is 2. The third-order valence-electron chi connectivity index (χ3n) is 7.12. The monoisotopic (exact) mass is 478 g/mol. The Morgan fingerprint density at radius 3 is 2.39 bits per heavy atom. The van der Waals surface area contributed by atoms with Crippen molar-refractivity contribution < 1.29 is 18.8 Å². The van der Waals surface area contributed by atoms with Crippen molar-refractivity contribution in [3.8, 4) is 5.88 Å². The fourth-order valence-corrected chi connectivity index (χ4v) is 6.98. The lowest BCUT2D eigenvalue weighted by Gasteiger charge is -2.54. The van der Waals surface area contributed by atoms with Gasteiger partial charge in [-0.2, -0.15) is 0 Å². The maximum atomic E-state index is 13.3. The zero-order chi connectivity index (χ0) is 23.8. The molecule has 4 saturated carbocycles. The van der Waals surface area contributed by atoms with Crippen molar-refractivity contribution in [1.82, 2.24) is 15.8 Å². The van der Waals surface area contributed by atoms with Gasteiger partial charge in [-0.25, -0.2) is 0 Å². The topological polar surface area (TPSA) is 119 Å². The lowest BCUT2D eigenvalue weighted by Crippen LogP contribution is -2.55. The number of nitrogens with one attached hydrogen (secondary N) is 2. The van der Waals surface area contributed by atoms with E-state index in [4.69, 9.17) is 15.0 Å². The van der Waals surface area contributed by atoms with E-state index in [0.29, 0.717) is 29.2 Å². The van der Waals surface area contributed by atoms with Crippen LogP contribution in [-0.2, 0) is 4.79 Å². The van der Waals surface area contributed by atoms with Crippen molar-refractivity contribution in [2.24, 2.45) is 29.4 Å². The van der Waals surface area contributed by atoms with Gasteiger partial charge in [0.2, 0.25) is 11.7 Å². The van der Waals surface area contributed by atoms with Crippen molar-refractivity contribution >= 4 is 23.6 Å². The second-order valence-corrected chi connectivity index (χ2v) is 12.6. The zero-order valence-electron chi connectivity index (χ0n) is 20.2. The lowest BCUT2D eigenvalue weighted by molar-refractivity contribution is -0.122. The number of aromatic nitrogens is 1. The van der Waals surface area contributed by atoms with Gasteiger partial charge in [0.25, 0.3) is 11.8 Å². The van der Waals surface area contributed by atoms with Gasteiger partial charge in [-0.3, -0.25) is 9.59 Å². The van der Waals surface area contributed by atoms with Crippen LogP contribution in [0, 0.1) is 23.7 Å². The fraction of sp³-hybridized carbons (Fsp3) is 0.792. The summed E-state index contributed by atoms with van der Waals surface area (Å²) in [5.41, 5.74) is 4.84. The molecule has 1 aromatic heterocycles. The van der Waals surface area contributed by atoms with Crippen molar-refractivity contribution in [2.45, 2.75) is 87.9 Å². The summed E-state index contributed by atoms with van der Waals surface area (Å²) < 4.78 is 11.5. The van der Waals surface area contributed by atoms with Crippen LogP contribution in [0.1, 0.15) is 76.8 Å². The Balaban J connectivity index is 1.44. The molecular weight excluding hydrogens is 440 g/mol. The molecule has 4 aliphatic carbocycles. The zero-order valence-corrected chi connectivity index (χ0v) is 21.0. The number of hydrogen-bond donors (Lipinski definition) is 3. The first-order valence-electron chi connectivity index (χ1n) is 12.3. The summed E-state index contributed by atoms with van der Waals surface area (Å²) in [6, 6.07) is 0.230. The van der Waals surface area contributed by atoms with Gasteiger partial charge in [-0.05, 0) is 74.8 Å². The average molecular weight is 479 g/mol. The molecule has 0 atom stereocenters. The van der Waals surface area contributed by atoms with E-state index in [2.05, 4.69) is 29.6 Å². The molecule has 0 radical (unpaired) electrons. The van der Waals surface area contributed by atoms with Crippen LogP contribution in [0.5, 0.6) is 5.88 Å². The van der Waals surface area contributed by atoms with E-state index in [9.17, 15) is 9.59 Å². The molecule has 9 heteroatoms. The number of carbonyl (C=O) groups excluding carboxylic acids is 2. The number of rotatable bonds is 10. The van der Waals surface area contributed by atoms with Crippen molar-refractivity contribution in [1.29, 1.82) is 0 Å². The quantitative estimate of drug-likeness (QED) is 0.441. The summed E-state index contributed by atoms with van der Waals surface area (Å²) >= 11 is 1.50. The molecule has 0 saturated heterocycles. The maximum Gasteiger partial charge on any atom is 0.291 e. The summed E-state index contributed by atoms with van der Waals surface area (Å²) in [6.07, 6.45) is 6.59. The van der Waals surface area contributed by atoms with E-state index < -0.39 is 5.54 Å². The van der Waals surface area contributed by atoms with Crippen LogP contribution >= 0.6 is 11.8 Å². The SMILES string of the molecule is CC(C)Sc1c(OCC(C)(C)NC(=O)CCN)noc1C(=O)NC1C2CC3CC(C2)CC1C3. The summed E-state index contributed by atoms with van der Waals surface area (Å²) in [6.45, 7) is 8.34. The normalized spacial score (nSPS) is 28.2. The van der Waals surface area contributed by atoms with E-state index in [1.165, 1.54) is 43.9 Å². The molecule has 4 aliphatic rings. The Morgan fingerprint density at radius 2 is 1.82 bits per heavy atom. The predicted molar refractivity (Wildman–Crippen MR) is 127 cm³/mol. The summed E-state index contributed by atoms with van der Waals surface area (Å²) in [5, 5.41) is 10.5.